The molecule has 0 N–H and O–H groups in total. The van der Waals surface area contributed by atoms with E-state index in [1.54, 1.807) is 0 Å². The van der Waals surface area contributed by atoms with Gasteiger partial charge in [-0.25, -0.2) is 0 Å². The molecule has 0 aliphatic carbocycles. The third kappa shape index (κ3) is 2.41. The molecular weight excluding hydrogens is 113 g/mol. The molecule has 0 aromatic heterocycles. The summed E-state index contributed by atoms with van der Waals surface area (Å²) in [6.07, 6.45) is -8.81. The lowest BCUT2D eigenvalue weighted by molar-refractivity contribution is -0.317. The van der Waals surface area contributed by atoms with Crippen molar-refractivity contribution in [2.45, 2.75) is 12.5 Å². The van der Waals surface area contributed by atoms with Crippen LogP contribution in [0.3, 0.4) is 0 Å². The van der Waals surface area contributed by atoms with Gasteiger partial charge in [-0.1, -0.05) is 0 Å². The lowest BCUT2D eigenvalue weighted by Gasteiger charge is -2.00. The third-order valence-electron chi connectivity index (χ3n) is 0.267. The zero-order valence-electron chi connectivity index (χ0n) is 3.03. The summed E-state index contributed by atoms with van der Waals surface area (Å²) in [6.45, 7) is 0. The molecular formula is C2HF3O2. The molecule has 0 fully saturated rings. The minimum atomic E-state index is -5.11. The van der Waals surface area contributed by atoms with Crippen molar-refractivity contribution >= 4 is 0 Å². The number of hydrogen-bond donors (Lipinski definition) is 0. The zero-order valence-corrected chi connectivity index (χ0v) is 3.03. The second-order valence-corrected chi connectivity index (χ2v) is 0.874. The fourth-order valence-electron chi connectivity index (χ4n) is 0. The molecule has 2 nitrogen and oxygen atoms in total. The Morgan fingerprint density at radius 3 is 1.29 bits per heavy atom. The van der Waals surface area contributed by atoms with Gasteiger partial charge in [-0.3, -0.25) is 0 Å². The molecule has 7 heavy (non-hydrogen) atoms. The minimum absolute atomic E-state index is 3.70. The smallest absolute Gasteiger partial charge is 0.188 e. The topological polar surface area (TPSA) is 39.8 Å². The van der Waals surface area contributed by atoms with Crippen LogP contribution in [0.5, 0.6) is 0 Å². The maximum Gasteiger partial charge on any atom is 0.446 e. The first-order valence-corrected chi connectivity index (χ1v) is 1.33. The van der Waals surface area contributed by atoms with E-state index in [1.165, 1.54) is 0 Å². The summed E-state index contributed by atoms with van der Waals surface area (Å²) < 4.78 is 31.7. The molecule has 5 heteroatoms. The molecule has 42 valence electrons. The van der Waals surface area contributed by atoms with Crippen molar-refractivity contribution in [2.24, 2.45) is 0 Å². The van der Waals surface area contributed by atoms with Crippen LogP contribution in [0.25, 0.3) is 0 Å². The molecule has 0 aromatic rings. The van der Waals surface area contributed by atoms with Gasteiger partial charge in [0, 0.05) is 0 Å². The lowest BCUT2D eigenvalue weighted by Crippen LogP contribution is -2.24. The highest BCUT2D eigenvalue weighted by Gasteiger charge is 2.39. The summed E-state index contributed by atoms with van der Waals surface area (Å²) in [5, 5.41) is 17.7. The Kier molecular flexibility index (Phi) is 1.60. The van der Waals surface area contributed by atoms with E-state index >= 15 is 0 Å². The van der Waals surface area contributed by atoms with Crippen LogP contribution < -0.4 is 0 Å². The molecule has 0 heterocycles. The van der Waals surface area contributed by atoms with E-state index in [1.807, 2.05) is 0 Å². The van der Waals surface area contributed by atoms with E-state index < -0.39 is 12.5 Å². The monoisotopic (exact) mass is 114 g/mol. The minimum Gasteiger partial charge on any atom is -0.188 e. The van der Waals surface area contributed by atoms with Crippen molar-refractivity contribution < 1.29 is 23.4 Å². The standard InChI is InChI=1S/C2HF3O2/c3-2(4,5)1(6)7/h1H. The van der Waals surface area contributed by atoms with E-state index in [4.69, 9.17) is 10.2 Å². The molecule has 0 rings (SSSR count). The summed E-state index contributed by atoms with van der Waals surface area (Å²) in [6, 6.07) is 0. The van der Waals surface area contributed by atoms with Crippen LogP contribution in [0.4, 0.5) is 13.2 Å². The molecule has 0 aliphatic heterocycles. The number of rotatable bonds is 0. The van der Waals surface area contributed by atoms with E-state index in [0.29, 0.717) is 0 Å². The van der Waals surface area contributed by atoms with Gasteiger partial charge in [-0.2, -0.15) is 23.4 Å². The summed E-state index contributed by atoms with van der Waals surface area (Å²) in [7, 11) is 0. The molecule has 2 radical (unpaired) electrons. The summed E-state index contributed by atoms with van der Waals surface area (Å²) in [4.78, 5) is 0. The molecule has 0 aromatic carbocycles. The average molecular weight is 114 g/mol. The molecule has 0 aliphatic rings. The first-order valence-electron chi connectivity index (χ1n) is 1.33. The van der Waals surface area contributed by atoms with Crippen LogP contribution >= 0.6 is 0 Å². The largest absolute Gasteiger partial charge is 0.446 e. The Labute approximate surface area is 37.2 Å². The van der Waals surface area contributed by atoms with Gasteiger partial charge in [0.25, 0.3) is 0 Å². The molecule has 0 saturated heterocycles. The average Bonchev–Trinajstić information content (AvgIpc) is 1.31. The Bertz CT molecular complexity index is 56.4. The van der Waals surface area contributed by atoms with Gasteiger partial charge in [0.05, 0.1) is 0 Å². The maximum absolute atomic E-state index is 10.6. The van der Waals surface area contributed by atoms with Crippen LogP contribution in [-0.2, 0) is 10.2 Å². The van der Waals surface area contributed by atoms with Crippen LogP contribution in [-0.4, -0.2) is 12.5 Å². The second-order valence-electron chi connectivity index (χ2n) is 0.874. The summed E-state index contributed by atoms with van der Waals surface area (Å²) in [5.41, 5.74) is 0. The summed E-state index contributed by atoms with van der Waals surface area (Å²) in [5.74, 6) is 0. The third-order valence-corrected chi connectivity index (χ3v) is 0.267. The Balaban J connectivity index is 3.54. The SMILES string of the molecule is [O]C([O])C(F)(F)F. The predicted octanol–water partition coefficient (Wildman–Crippen LogP) is 0.736. The predicted molar refractivity (Wildman–Crippen MR) is 11.2 cm³/mol. The van der Waals surface area contributed by atoms with Gasteiger partial charge in [-0.05, 0) is 0 Å². The van der Waals surface area contributed by atoms with E-state index in [9.17, 15) is 13.2 Å². The van der Waals surface area contributed by atoms with E-state index in [2.05, 4.69) is 0 Å². The normalized spacial score (nSPS) is 12.9. The highest BCUT2D eigenvalue weighted by molar-refractivity contribution is 4.46. The molecule has 0 atom stereocenters. The Morgan fingerprint density at radius 2 is 1.29 bits per heavy atom. The van der Waals surface area contributed by atoms with Gasteiger partial charge >= 0.3 is 12.5 Å². The highest BCUT2D eigenvalue weighted by Crippen LogP contribution is 2.18. The van der Waals surface area contributed by atoms with Crippen LogP contribution in [0.15, 0.2) is 0 Å². The van der Waals surface area contributed by atoms with Gasteiger partial charge in [0.1, 0.15) is 0 Å². The molecule has 0 spiro atoms. The number of alkyl halides is 3. The van der Waals surface area contributed by atoms with Crippen molar-refractivity contribution in [2.75, 3.05) is 0 Å². The van der Waals surface area contributed by atoms with Gasteiger partial charge in [0.2, 0.25) is 0 Å². The summed E-state index contributed by atoms with van der Waals surface area (Å²) >= 11 is 0. The number of halogens is 3. The Morgan fingerprint density at radius 1 is 1.14 bits per heavy atom. The lowest BCUT2D eigenvalue weighted by atomic mass is 10.6. The quantitative estimate of drug-likeness (QED) is 0.416. The molecule has 0 unspecified atom stereocenters. The first-order chi connectivity index (χ1) is 2.94. The number of hydrogen-bond acceptors (Lipinski definition) is 0. The van der Waals surface area contributed by atoms with Gasteiger partial charge in [0.15, 0.2) is 0 Å². The molecule has 0 saturated carbocycles. The van der Waals surface area contributed by atoms with Crippen molar-refractivity contribution in [3.63, 3.8) is 0 Å². The van der Waals surface area contributed by atoms with Crippen LogP contribution in [0.2, 0.25) is 0 Å². The van der Waals surface area contributed by atoms with Crippen LogP contribution in [0, 0.1) is 0 Å². The fraction of sp³-hybridized carbons (Fsp3) is 1.00. The fourth-order valence-corrected chi connectivity index (χ4v) is 0. The first kappa shape index (κ1) is 6.71. The Hall–Kier alpha value is -0.290. The van der Waals surface area contributed by atoms with Crippen molar-refractivity contribution in [3.05, 3.63) is 0 Å². The maximum atomic E-state index is 10.6. The van der Waals surface area contributed by atoms with Crippen molar-refractivity contribution in [3.8, 4) is 0 Å². The highest BCUT2D eigenvalue weighted by atomic mass is 19.4. The zero-order chi connectivity index (χ0) is 6.08. The van der Waals surface area contributed by atoms with Gasteiger partial charge in [-0.15, -0.1) is 0 Å². The second kappa shape index (κ2) is 1.67. The van der Waals surface area contributed by atoms with Gasteiger partial charge < -0.3 is 0 Å². The van der Waals surface area contributed by atoms with Crippen LogP contribution in [0.1, 0.15) is 0 Å². The van der Waals surface area contributed by atoms with Crippen molar-refractivity contribution in [1.82, 2.24) is 0 Å². The molecule has 0 amide bonds. The van der Waals surface area contributed by atoms with E-state index in [0.717, 1.165) is 0 Å². The molecule has 0 bridgehead atoms. The van der Waals surface area contributed by atoms with Crippen molar-refractivity contribution in [1.29, 1.82) is 0 Å². The van der Waals surface area contributed by atoms with E-state index in [-0.39, 0.29) is 0 Å².